The van der Waals surface area contributed by atoms with E-state index in [4.69, 9.17) is 4.74 Å². The summed E-state index contributed by atoms with van der Waals surface area (Å²) in [6.07, 6.45) is 2.54. The molecule has 0 aliphatic rings. The molecule has 0 aliphatic carbocycles. The van der Waals surface area contributed by atoms with Gasteiger partial charge >= 0.3 is 0 Å². The van der Waals surface area contributed by atoms with E-state index in [1.54, 1.807) is 29.0 Å². The number of benzene rings is 1. The van der Waals surface area contributed by atoms with Crippen LogP contribution in [0.1, 0.15) is 17.4 Å². The number of thiazole rings is 1. The molecule has 0 spiro atoms. The summed E-state index contributed by atoms with van der Waals surface area (Å²) in [5.41, 5.74) is 1.74. The van der Waals surface area contributed by atoms with E-state index in [2.05, 4.69) is 4.98 Å². The van der Waals surface area contributed by atoms with Crippen LogP contribution >= 0.6 is 11.3 Å². The highest BCUT2D eigenvalue weighted by atomic mass is 32.1. The van der Waals surface area contributed by atoms with Gasteiger partial charge in [-0.3, -0.25) is 9.36 Å². The SMILES string of the molecule is CCOc1ccc(F)cc1-c1csc(-n2cccc2C=O)n1. The second-order valence-electron chi connectivity index (χ2n) is 4.51. The van der Waals surface area contributed by atoms with Gasteiger partial charge in [-0.2, -0.15) is 0 Å². The molecule has 2 heterocycles. The third-order valence-electron chi connectivity index (χ3n) is 3.12. The van der Waals surface area contributed by atoms with E-state index >= 15 is 0 Å². The molecular formula is C16H13FN2O2S. The fourth-order valence-corrected chi connectivity index (χ4v) is 2.97. The normalized spacial score (nSPS) is 10.6. The number of carbonyl (C=O) groups excluding carboxylic acids is 1. The van der Waals surface area contributed by atoms with Gasteiger partial charge in [0.1, 0.15) is 11.6 Å². The second-order valence-corrected chi connectivity index (χ2v) is 5.35. The molecule has 1 aromatic carbocycles. The van der Waals surface area contributed by atoms with Crippen molar-refractivity contribution in [2.45, 2.75) is 6.92 Å². The number of halogens is 1. The van der Waals surface area contributed by atoms with Gasteiger partial charge < -0.3 is 4.74 Å². The summed E-state index contributed by atoms with van der Waals surface area (Å²) in [5, 5.41) is 2.47. The van der Waals surface area contributed by atoms with Crippen molar-refractivity contribution in [3.05, 3.63) is 53.4 Å². The predicted octanol–water partition coefficient (Wildman–Crippen LogP) is 3.95. The maximum Gasteiger partial charge on any atom is 0.194 e. The Morgan fingerprint density at radius 3 is 3.05 bits per heavy atom. The number of rotatable bonds is 5. The van der Waals surface area contributed by atoms with Gasteiger partial charge in [0.25, 0.3) is 0 Å². The van der Waals surface area contributed by atoms with Crippen LogP contribution in [0.25, 0.3) is 16.4 Å². The summed E-state index contributed by atoms with van der Waals surface area (Å²) in [6, 6.07) is 7.85. The molecule has 0 aliphatic heterocycles. The van der Waals surface area contributed by atoms with Gasteiger partial charge in [0.2, 0.25) is 0 Å². The third kappa shape index (κ3) is 2.65. The van der Waals surface area contributed by atoms with Crippen LogP contribution in [0.3, 0.4) is 0 Å². The zero-order valence-corrected chi connectivity index (χ0v) is 12.6. The Balaban J connectivity index is 2.04. The van der Waals surface area contributed by atoms with Crippen molar-refractivity contribution in [3.8, 4) is 22.1 Å². The highest BCUT2D eigenvalue weighted by Crippen LogP contribution is 2.32. The summed E-state index contributed by atoms with van der Waals surface area (Å²) in [4.78, 5) is 15.5. The maximum absolute atomic E-state index is 13.5. The smallest absolute Gasteiger partial charge is 0.194 e. The lowest BCUT2D eigenvalue weighted by Gasteiger charge is -2.08. The average Bonchev–Trinajstić information content (AvgIpc) is 3.17. The van der Waals surface area contributed by atoms with Gasteiger partial charge in [0.05, 0.1) is 18.0 Å². The van der Waals surface area contributed by atoms with Crippen LogP contribution in [0.15, 0.2) is 41.9 Å². The van der Waals surface area contributed by atoms with Gasteiger partial charge in [-0.05, 0) is 37.3 Å². The first-order chi connectivity index (χ1) is 10.7. The van der Waals surface area contributed by atoms with Crippen molar-refractivity contribution < 1.29 is 13.9 Å². The van der Waals surface area contributed by atoms with Crippen molar-refractivity contribution in [3.63, 3.8) is 0 Å². The summed E-state index contributed by atoms with van der Waals surface area (Å²) in [7, 11) is 0. The first kappa shape index (κ1) is 14.5. The molecule has 0 fully saturated rings. The summed E-state index contributed by atoms with van der Waals surface area (Å²) in [6.45, 7) is 2.36. The Morgan fingerprint density at radius 2 is 2.27 bits per heavy atom. The summed E-state index contributed by atoms with van der Waals surface area (Å²) >= 11 is 1.38. The zero-order chi connectivity index (χ0) is 15.5. The van der Waals surface area contributed by atoms with Crippen molar-refractivity contribution in [1.29, 1.82) is 0 Å². The number of nitrogens with zero attached hydrogens (tertiary/aromatic N) is 2. The Labute approximate surface area is 130 Å². The van der Waals surface area contributed by atoms with Crippen LogP contribution in [0.5, 0.6) is 5.75 Å². The van der Waals surface area contributed by atoms with Crippen LogP contribution in [-0.4, -0.2) is 22.4 Å². The van der Waals surface area contributed by atoms with Crippen LogP contribution in [0.2, 0.25) is 0 Å². The number of hydrogen-bond donors (Lipinski definition) is 0. The van der Waals surface area contributed by atoms with E-state index in [0.29, 0.717) is 34.4 Å². The fraction of sp³-hybridized carbons (Fsp3) is 0.125. The molecule has 4 nitrogen and oxygen atoms in total. The number of hydrogen-bond acceptors (Lipinski definition) is 4. The van der Waals surface area contributed by atoms with Crippen molar-refractivity contribution >= 4 is 17.6 Å². The molecule has 3 aromatic rings. The van der Waals surface area contributed by atoms with Gasteiger partial charge in [-0.15, -0.1) is 11.3 Å². The highest BCUT2D eigenvalue weighted by molar-refractivity contribution is 7.12. The lowest BCUT2D eigenvalue weighted by atomic mass is 10.1. The average molecular weight is 316 g/mol. The molecule has 0 bridgehead atoms. The fourth-order valence-electron chi connectivity index (χ4n) is 2.15. The zero-order valence-electron chi connectivity index (χ0n) is 11.8. The second kappa shape index (κ2) is 6.11. The van der Waals surface area contributed by atoms with E-state index in [9.17, 15) is 9.18 Å². The van der Waals surface area contributed by atoms with E-state index in [0.717, 1.165) is 6.29 Å². The molecule has 0 saturated carbocycles. The number of aldehydes is 1. The van der Waals surface area contributed by atoms with Crippen molar-refractivity contribution in [2.75, 3.05) is 6.61 Å². The van der Waals surface area contributed by atoms with E-state index in [-0.39, 0.29) is 5.82 Å². The molecule has 2 aromatic heterocycles. The number of ether oxygens (including phenoxy) is 1. The Hall–Kier alpha value is -2.47. The molecule has 22 heavy (non-hydrogen) atoms. The lowest BCUT2D eigenvalue weighted by molar-refractivity contribution is 0.111. The van der Waals surface area contributed by atoms with Gasteiger partial charge in [0, 0.05) is 17.1 Å². The molecule has 3 rings (SSSR count). The molecule has 6 heteroatoms. The molecule has 0 amide bonds. The molecule has 0 N–H and O–H groups in total. The van der Waals surface area contributed by atoms with E-state index in [1.165, 1.54) is 23.5 Å². The van der Waals surface area contributed by atoms with Gasteiger partial charge in [-0.25, -0.2) is 9.37 Å². The Morgan fingerprint density at radius 1 is 1.41 bits per heavy atom. The Kier molecular flexibility index (Phi) is 4.02. The van der Waals surface area contributed by atoms with Crippen LogP contribution in [-0.2, 0) is 0 Å². The van der Waals surface area contributed by atoms with Crippen molar-refractivity contribution in [1.82, 2.24) is 9.55 Å². The predicted molar refractivity (Wildman–Crippen MR) is 83.4 cm³/mol. The van der Waals surface area contributed by atoms with Crippen LogP contribution < -0.4 is 4.74 Å². The van der Waals surface area contributed by atoms with Gasteiger partial charge in [-0.1, -0.05) is 0 Å². The molecule has 0 saturated heterocycles. The van der Waals surface area contributed by atoms with Gasteiger partial charge in [0.15, 0.2) is 11.4 Å². The van der Waals surface area contributed by atoms with Crippen LogP contribution in [0, 0.1) is 5.82 Å². The lowest BCUT2D eigenvalue weighted by Crippen LogP contribution is -1.97. The van der Waals surface area contributed by atoms with Crippen LogP contribution in [0.4, 0.5) is 4.39 Å². The van der Waals surface area contributed by atoms with Crippen molar-refractivity contribution in [2.24, 2.45) is 0 Å². The number of aromatic nitrogens is 2. The van der Waals surface area contributed by atoms with E-state index in [1.807, 2.05) is 12.3 Å². The molecule has 112 valence electrons. The third-order valence-corrected chi connectivity index (χ3v) is 3.96. The van der Waals surface area contributed by atoms with E-state index < -0.39 is 0 Å². The topological polar surface area (TPSA) is 44.1 Å². The quantitative estimate of drug-likeness (QED) is 0.669. The standard InChI is InChI=1S/C16H13FN2O2S/c1-2-21-15-6-5-11(17)8-13(15)14-10-22-16(18-14)19-7-3-4-12(19)9-20/h3-10H,2H2,1H3. The molecule has 0 atom stereocenters. The molecular weight excluding hydrogens is 303 g/mol. The maximum atomic E-state index is 13.5. The largest absolute Gasteiger partial charge is 0.493 e. The minimum absolute atomic E-state index is 0.345. The molecule has 0 unspecified atom stereocenters. The number of carbonyl (C=O) groups is 1. The summed E-state index contributed by atoms with van der Waals surface area (Å²) in [5.74, 6) is 0.242. The molecule has 0 radical (unpaired) electrons. The summed E-state index contributed by atoms with van der Waals surface area (Å²) < 4.78 is 20.8. The highest BCUT2D eigenvalue weighted by Gasteiger charge is 2.13. The minimum atomic E-state index is -0.345. The monoisotopic (exact) mass is 316 g/mol. The Bertz CT molecular complexity index is 810. The first-order valence-electron chi connectivity index (χ1n) is 6.74. The first-order valence-corrected chi connectivity index (χ1v) is 7.62. The minimum Gasteiger partial charge on any atom is -0.493 e.